The maximum absolute atomic E-state index is 8.76. The van der Waals surface area contributed by atoms with Gasteiger partial charge in [-0.1, -0.05) is 0 Å². The molecule has 1 N–H and O–H groups in total. The van der Waals surface area contributed by atoms with Crippen LogP contribution in [0.25, 0.3) is 0 Å². The number of hydrogen-bond acceptors (Lipinski definition) is 4. The van der Waals surface area contributed by atoms with Crippen molar-refractivity contribution in [1.29, 1.82) is 5.26 Å². The van der Waals surface area contributed by atoms with Crippen molar-refractivity contribution in [3.05, 3.63) is 21.9 Å². The molecule has 0 bridgehead atoms. The highest BCUT2D eigenvalue weighted by molar-refractivity contribution is 7.10. The molecule has 0 radical (unpaired) electrons. The lowest BCUT2D eigenvalue weighted by Gasteiger charge is -2.47. The average molecular weight is 249 g/mol. The quantitative estimate of drug-likeness (QED) is 0.869. The molecular weight excluding hydrogens is 230 g/mol. The third-order valence-corrected chi connectivity index (χ3v) is 4.71. The molecule has 0 atom stereocenters. The Morgan fingerprint density at radius 1 is 1.53 bits per heavy atom. The van der Waals surface area contributed by atoms with Gasteiger partial charge in [-0.2, -0.15) is 5.26 Å². The van der Waals surface area contributed by atoms with Crippen molar-refractivity contribution in [3.63, 3.8) is 0 Å². The first-order valence-electron chi connectivity index (χ1n) is 6.02. The molecule has 92 valence electrons. The fourth-order valence-corrected chi connectivity index (χ4v) is 3.10. The lowest BCUT2D eigenvalue weighted by molar-refractivity contribution is 0.0599. The number of hydrogen-bond donors (Lipinski definition) is 1. The number of nitrogens with zero attached hydrogens (tertiary/aromatic N) is 2. The second-order valence-corrected chi connectivity index (χ2v) is 5.99. The van der Waals surface area contributed by atoms with Gasteiger partial charge in [0.25, 0.3) is 0 Å². The molecule has 4 heteroatoms. The summed E-state index contributed by atoms with van der Waals surface area (Å²) in [5.74, 6) is 0. The third kappa shape index (κ3) is 2.68. The lowest BCUT2D eigenvalue weighted by Crippen LogP contribution is -2.56. The molecule has 2 rings (SSSR count). The summed E-state index contributed by atoms with van der Waals surface area (Å²) >= 11 is 1.66. The molecule has 1 aliphatic rings. The minimum absolute atomic E-state index is 0.370. The molecule has 1 heterocycles. The predicted octanol–water partition coefficient (Wildman–Crippen LogP) is 2.19. The Balaban J connectivity index is 1.81. The van der Waals surface area contributed by atoms with Gasteiger partial charge in [0.05, 0.1) is 5.56 Å². The summed E-state index contributed by atoms with van der Waals surface area (Å²) in [6.45, 7) is 1.92. The van der Waals surface area contributed by atoms with Crippen LogP contribution in [0.5, 0.6) is 0 Å². The minimum atomic E-state index is 0.370. The molecule has 1 aromatic heterocycles. The van der Waals surface area contributed by atoms with Crippen LogP contribution in [-0.2, 0) is 6.54 Å². The van der Waals surface area contributed by atoms with Crippen LogP contribution in [0, 0.1) is 11.3 Å². The molecule has 0 aromatic carbocycles. The van der Waals surface area contributed by atoms with Gasteiger partial charge in [0.15, 0.2) is 0 Å². The molecule has 1 aliphatic carbocycles. The summed E-state index contributed by atoms with van der Waals surface area (Å²) < 4.78 is 0. The average Bonchev–Trinajstić information content (AvgIpc) is 2.69. The van der Waals surface area contributed by atoms with E-state index in [1.165, 1.54) is 24.1 Å². The molecule has 0 spiro atoms. The number of nitriles is 1. The van der Waals surface area contributed by atoms with Crippen LogP contribution in [-0.4, -0.2) is 31.1 Å². The van der Waals surface area contributed by atoms with E-state index in [0.717, 1.165) is 18.7 Å². The van der Waals surface area contributed by atoms with Crippen molar-refractivity contribution >= 4 is 11.3 Å². The van der Waals surface area contributed by atoms with Crippen LogP contribution in [0.2, 0.25) is 0 Å². The van der Waals surface area contributed by atoms with Gasteiger partial charge in [-0.25, -0.2) is 0 Å². The summed E-state index contributed by atoms with van der Waals surface area (Å²) in [5, 5.41) is 14.2. The second kappa shape index (κ2) is 5.18. The van der Waals surface area contributed by atoms with Gasteiger partial charge in [-0.15, -0.1) is 11.3 Å². The van der Waals surface area contributed by atoms with Gasteiger partial charge < -0.3 is 10.2 Å². The first-order chi connectivity index (χ1) is 8.16. The number of likely N-dealkylation sites (N-methyl/N-ethyl adjacent to an activating group) is 1. The number of rotatable bonds is 5. The topological polar surface area (TPSA) is 39.1 Å². The maximum Gasteiger partial charge on any atom is 0.100 e. The Morgan fingerprint density at radius 2 is 2.29 bits per heavy atom. The molecular formula is C13H19N3S. The number of nitrogens with one attached hydrogen (secondary N) is 1. The SMILES string of the molecule is CN(C)C1(CNCc2cc(C#N)cs2)CCC1. The van der Waals surface area contributed by atoms with Gasteiger partial charge in [-0.05, 0) is 39.4 Å². The van der Waals surface area contributed by atoms with Crippen LogP contribution < -0.4 is 5.32 Å². The summed E-state index contributed by atoms with van der Waals surface area (Å²) in [6, 6.07) is 4.14. The van der Waals surface area contributed by atoms with Crippen LogP contribution in [0.1, 0.15) is 29.7 Å². The van der Waals surface area contributed by atoms with E-state index in [0.29, 0.717) is 5.54 Å². The molecule has 0 saturated heterocycles. The van der Waals surface area contributed by atoms with E-state index in [9.17, 15) is 0 Å². The van der Waals surface area contributed by atoms with E-state index in [4.69, 9.17) is 5.26 Å². The van der Waals surface area contributed by atoms with Crippen molar-refractivity contribution < 1.29 is 0 Å². The Hall–Kier alpha value is -0.890. The van der Waals surface area contributed by atoms with E-state index in [2.05, 4.69) is 30.4 Å². The molecule has 0 unspecified atom stereocenters. The number of thiophene rings is 1. The summed E-state index contributed by atoms with van der Waals surface area (Å²) in [5.41, 5.74) is 1.15. The van der Waals surface area contributed by atoms with Gasteiger partial charge >= 0.3 is 0 Å². The first kappa shape index (κ1) is 12.6. The van der Waals surface area contributed by atoms with Crippen molar-refractivity contribution in [1.82, 2.24) is 10.2 Å². The lowest BCUT2D eigenvalue weighted by atomic mass is 9.75. The molecule has 1 aromatic rings. The molecule has 0 amide bonds. The van der Waals surface area contributed by atoms with Crippen molar-refractivity contribution in [2.45, 2.75) is 31.3 Å². The van der Waals surface area contributed by atoms with E-state index < -0.39 is 0 Å². The van der Waals surface area contributed by atoms with E-state index in [1.807, 2.05) is 11.4 Å². The zero-order chi connectivity index (χ0) is 12.3. The highest BCUT2D eigenvalue weighted by Gasteiger charge is 2.38. The third-order valence-electron chi connectivity index (χ3n) is 3.77. The first-order valence-corrected chi connectivity index (χ1v) is 6.90. The smallest absolute Gasteiger partial charge is 0.100 e. The predicted molar refractivity (Wildman–Crippen MR) is 71.0 cm³/mol. The van der Waals surface area contributed by atoms with E-state index >= 15 is 0 Å². The fourth-order valence-electron chi connectivity index (χ4n) is 2.32. The van der Waals surface area contributed by atoms with Gasteiger partial charge in [-0.3, -0.25) is 0 Å². The fraction of sp³-hybridized carbons (Fsp3) is 0.615. The minimum Gasteiger partial charge on any atom is -0.310 e. The van der Waals surface area contributed by atoms with Crippen molar-refractivity contribution in [2.75, 3.05) is 20.6 Å². The monoisotopic (exact) mass is 249 g/mol. The van der Waals surface area contributed by atoms with Gasteiger partial charge in [0.1, 0.15) is 6.07 Å². The molecule has 17 heavy (non-hydrogen) atoms. The maximum atomic E-state index is 8.76. The van der Waals surface area contributed by atoms with Gasteiger partial charge in [0.2, 0.25) is 0 Å². The van der Waals surface area contributed by atoms with Gasteiger partial charge in [0, 0.05) is 28.9 Å². The zero-order valence-electron chi connectivity index (χ0n) is 10.5. The van der Waals surface area contributed by atoms with Crippen LogP contribution >= 0.6 is 11.3 Å². The van der Waals surface area contributed by atoms with Crippen molar-refractivity contribution in [2.24, 2.45) is 0 Å². The Labute approximate surface area is 107 Å². The van der Waals surface area contributed by atoms with Crippen LogP contribution in [0.4, 0.5) is 0 Å². The Kier molecular flexibility index (Phi) is 3.82. The standard InChI is InChI=1S/C13H19N3S/c1-16(2)13(4-3-5-13)10-15-8-12-6-11(7-14)9-17-12/h6,9,15H,3-5,8,10H2,1-2H3. The highest BCUT2D eigenvalue weighted by Crippen LogP contribution is 2.35. The highest BCUT2D eigenvalue weighted by atomic mass is 32.1. The second-order valence-electron chi connectivity index (χ2n) is 4.99. The Bertz CT molecular complexity index is 413. The van der Waals surface area contributed by atoms with E-state index in [1.54, 1.807) is 11.3 Å². The molecule has 1 saturated carbocycles. The summed E-state index contributed by atoms with van der Waals surface area (Å²) in [6.07, 6.45) is 3.93. The van der Waals surface area contributed by atoms with E-state index in [-0.39, 0.29) is 0 Å². The van der Waals surface area contributed by atoms with Crippen molar-refractivity contribution in [3.8, 4) is 6.07 Å². The molecule has 1 fully saturated rings. The normalized spacial score (nSPS) is 17.8. The Morgan fingerprint density at radius 3 is 2.76 bits per heavy atom. The zero-order valence-corrected chi connectivity index (χ0v) is 11.3. The summed E-state index contributed by atoms with van der Waals surface area (Å²) in [7, 11) is 4.33. The molecule has 3 nitrogen and oxygen atoms in total. The van der Waals surface area contributed by atoms with Crippen LogP contribution in [0.15, 0.2) is 11.4 Å². The van der Waals surface area contributed by atoms with Crippen LogP contribution in [0.3, 0.4) is 0 Å². The summed E-state index contributed by atoms with van der Waals surface area (Å²) in [4.78, 5) is 3.59. The largest absolute Gasteiger partial charge is 0.310 e. The molecule has 0 aliphatic heterocycles.